The van der Waals surface area contributed by atoms with E-state index >= 15 is 0 Å². The van der Waals surface area contributed by atoms with E-state index in [-0.39, 0.29) is 36.6 Å². The lowest BCUT2D eigenvalue weighted by molar-refractivity contribution is -0.120. The molecule has 3 aliphatic rings. The van der Waals surface area contributed by atoms with Gasteiger partial charge in [0, 0.05) is 62.3 Å². The monoisotopic (exact) mass is 587 g/mol. The van der Waals surface area contributed by atoms with Gasteiger partial charge in [0.05, 0.1) is 19.7 Å². The van der Waals surface area contributed by atoms with Gasteiger partial charge in [-0.15, -0.1) is 6.58 Å². The second-order valence-electron chi connectivity index (χ2n) is 11.6. The zero-order valence-corrected chi connectivity index (χ0v) is 25.7. The highest BCUT2D eigenvalue weighted by Gasteiger charge is 2.42. The quantitative estimate of drug-likeness (QED) is 0.318. The molecule has 0 aliphatic carbocycles. The Morgan fingerprint density at radius 3 is 2.88 bits per heavy atom. The molecule has 0 aromatic heterocycles. The second-order valence-corrected chi connectivity index (χ2v) is 11.6. The summed E-state index contributed by atoms with van der Waals surface area (Å²) >= 11 is 0. The lowest BCUT2D eigenvalue weighted by atomic mass is 9.83. The van der Waals surface area contributed by atoms with Gasteiger partial charge in [-0.2, -0.15) is 0 Å². The van der Waals surface area contributed by atoms with E-state index in [0.717, 1.165) is 54.8 Å². The van der Waals surface area contributed by atoms with E-state index < -0.39 is 0 Å². The van der Waals surface area contributed by atoms with Gasteiger partial charge in [-0.1, -0.05) is 31.6 Å². The Morgan fingerprint density at radius 2 is 2.14 bits per heavy atom. The highest BCUT2D eigenvalue weighted by atomic mass is 16.7. The van der Waals surface area contributed by atoms with Crippen LogP contribution in [0.4, 0.5) is 5.69 Å². The van der Waals surface area contributed by atoms with Crippen LogP contribution in [0.3, 0.4) is 0 Å². The van der Waals surface area contributed by atoms with Crippen molar-refractivity contribution in [2.24, 2.45) is 21.6 Å². The molecule has 4 atom stereocenters. The largest absolute Gasteiger partial charge is 0.493 e. The first-order valence-electron chi connectivity index (χ1n) is 15.5. The molecule has 43 heavy (non-hydrogen) atoms. The van der Waals surface area contributed by atoms with Crippen molar-refractivity contribution in [3.8, 4) is 17.2 Å². The molecule has 3 aliphatic heterocycles. The normalized spacial score (nSPS) is 22.8. The maximum absolute atomic E-state index is 14.1. The van der Waals surface area contributed by atoms with E-state index in [1.165, 1.54) is 0 Å². The second kappa shape index (κ2) is 14.2. The number of nitrogens with zero attached hydrogens (tertiary/aromatic N) is 4. The summed E-state index contributed by atoms with van der Waals surface area (Å²) in [5.41, 5.74) is 8.94. The average molecular weight is 588 g/mol. The molecule has 2 aromatic rings. The predicted molar refractivity (Wildman–Crippen MR) is 172 cm³/mol. The summed E-state index contributed by atoms with van der Waals surface area (Å²) in [7, 11) is 1.64. The minimum atomic E-state index is 0.0843. The third-order valence-corrected chi connectivity index (χ3v) is 8.74. The third-order valence-electron chi connectivity index (χ3n) is 8.74. The van der Waals surface area contributed by atoms with Crippen molar-refractivity contribution in [3.05, 3.63) is 60.2 Å². The van der Waals surface area contributed by atoms with E-state index in [2.05, 4.69) is 36.4 Å². The Balaban J connectivity index is 1.44. The number of aliphatic imine (C=N–C) groups is 2. The standard InChI is InChI=1S/C34H45N5O4/c1-5-7-15-39(26-10-8-9-24(16-26)19-35)33(40)21-38-20-28(25-17-30(41-4)34-31(18-25)42-22-43-34)27(6-2)29(38)11-12-32-36-14-13-23(3)37-32/h6,8-10,14,16-18,23,27-29H,2,5,7,11-13,15,19-22,35H2,1,3-4H3/t23?,27-,28-,29+/m1/s1. The minimum absolute atomic E-state index is 0.0843. The van der Waals surface area contributed by atoms with Crippen LogP contribution in [-0.2, 0) is 11.3 Å². The van der Waals surface area contributed by atoms with Gasteiger partial charge in [-0.05, 0) is 55.2 Å². The van der Waals surface area contributed by atoms with E-state index in [9.17, 15) is 4.79 Å². The van der Waals surface area contributed by atoms with Crippen molar-refractivity contribution in [1.29, 1.82) is 0 Å². The van der Waals surface area contributed by atoms with Crippen LogP contribution in [0.1, 0.15) is 63.0 Å². The molecule has 2 aromatic carbocycles. The summed E-state index contributed by atoms with van der Waals surface area (Å²) in [6, 6.07) is 12.4. The molecule has 0 saturated carbocycles. The van der Waals surface area contributed by atoms with Gasteiger partial charge >= 0.3 is 0 Å². The van der Waals surface area contributed by atoms with Gasteiger partial charge in [0.2, 0.25) is 18.4 Å². The lowest BCUT2D eigenvalue weighted by Gasteiger charge is -2.30. The van der Waals surface area contributed by atoms with Crippen molar-refractivity contribution in [1.82, 2.24) is 4.90 Å². The van der Waals surface area contributed by atoms with Crippen molar-refractivity contribution in [3.63, 3.8) is 0 Å². The molecule has 0 bridgehead atoms. The third kappa shape index (κ3) is 6.94. The molecule has 0 radical (unpaired) electrons. The van der Waals surface area contributed by atoms with Crippen LogP contribution in [0.5, 0.6) is 17.2 Å². The molecule has 0 spiro atoms. The van der Waals surface area contributed by atoms with Crippen LogP contribution in [-0.4, -0.2) is 68.5 Å². The molecule has 230 valence electrons. The maximum atomic E-state index is 14.1. The summed E-state index contributed by atoms with van der Waals surface area (Å²) < 4.78 is 17.1. The molecule has 2 N–H and O–H groups in total. The van der Waals surface area contributed by atoms with E-state index in [4.69, 9.17) is 24.9 Å². The molecular formula is C34H45N5O4. The van der Waals surface area contributed by atoms with Gasteiger partial charge in [0.15, 0.2) is 11.5 Å². The lowest BCUT2D eigenvalue weighted by Crippen LogP contribution is -2.44. The molecule has 1 saturated heterocycles. The SMILES string of the molecule is C=C[C@@H]1[C@@H](c2cc(OC)c3c(c2)OCO3)CN(CC(=O)N(CCCC)c2cccc(CN)c2)[C@H]1CCC1=NC(C)CC=N1. The van der Waals surface area contributed by atoms with Crippen LogP contribution < -0.4 is 24.8 Å². The molecule has 5 rings (SSSR count). The Labute approximate surface area is 255 Å². The first kappa shape index (κ1) is 30.8. The fraction of sp³-hybridized carbons (Fsp3) is 0.500. The number of hydrogen-bond donors (Lipinski definition) is 1. The number of anilines is 1. The van der Waals surface area contributed by atoms with Crippen molar-refractivity contribution in [2.45, 2.75) is 70.5 Å². The smallest absolute Gasteiger partial charge is 0.241 e. The van der Waals surface area contributed by atoms with Crippen molar-refractivity contribution in [2.75, 3.05) is 38.4 Å². The first-order chi connectivity index (χ1) is 20.9. The van der Waals surface area contributed by atoms with Crippen molar-refractivity contribution < 1.29 is 19.0 Å². The minimum Gasteiger partial charge on any atom is -0.493 e. The first-order valence-corrected chi connectivity index (χ1v) is 15.5. The number of amides is 1. The highest BCUT2D eigenvalue weighted by Crippen LogP contribution is 2.47. The van der Waals surface area contributed by atoms with Gasteiger partial charge in [-0.3, -0.25) is 14.7 Å². The zero-order valence-electron chi connectivity index (χ0n) is 25.7. The number of carbonyl (C=O) groups excluding carboxylic acids is 1. The Bertz CT molecular complexity index is 1360. The number of amidine groups is 1. The number of hydrogen-bond acceptors (Lipinski definition) is 8. The van der Waals surface area contributed by atoms with Crippen LogP contribution >= 0.6 is 0 Å². The van der Waals surface area contributed by atoms with E-state index in [0.29, 0.717) is 43.4 Å². The number of unbranched alkanes of at least 4 members (excludes halogenated alkanes) is 1. The summed E-state index contributed by atoms with van der Waals surface area (Å²) in [4.78, 5) is 27.7. The maximum Gasteiger partial charge on any atom is 0.241 e. The summed E-state index contributed by atoms with van der Waals surface area (Å²) in [6.45, 7) is 10.8. The van der Waals surface area contributed by atoms with Crippen LogP contribution in [0.15, 0.2) is 59.0 Å². The molecule has 3 heterocycles. The number of methoxy groups -OCH3 is 1. The zero-order chi connectivity index (χ0) is 30.3. The van der Waals surface area contributed by atoms with Crippen LogP contribution in [0, 0.1) is 5.92 Å². The predicted octanol–water partition coefficient (Wildman–Crippen LogP) is 5.33. The topological polar surface area (TPSA) is 102 Å². The van der Waals surface area contributed by atoms with E-state index in [1.54, 1.807) is 7.11 Å². The number of rotatable bonds is 13. The number of ether oxygens (including phenoxy) is 3. The number of nitrogens with two attached hydrogens (primary N) is 1. The number of carbonyl (C=O) groups is 1. The molecule has 1 fully saturated rings. The Hall–Kier alpha value is -3.69. The number of fused-ring (bicyclic) bond motifs is 1. The number of likely N-dealkylation sites (tertiary alicyclic amines) is 1. The van der Waals surface area contributed by atoms with Crippen LogP contribution in [0.2, 0.25) is 0 Å². The van der Waals surface area contributed by atoms with Gasteiger partial charge < -0.3 is 24.8 Å². The average Bonchev–Trinajstić information content (AvgIpc) is 3.64. The Kier molecular flexibility index (Phi) is 10.1. The Morgan fingerprint density at radius 1 is 1.28 bits per heavy atom. The molecular weight excluding hydrogens is 542 g/mol. The van der Waals surface area contributed by atoms with Crippen molar-refractivity contribution >= 4 is 23.6 Å². The summed E-state index contributed by atoms with van der Waals surface area (Å²) in [5.74, 6) is 3.15. The van der Waals surface area contributed by atoms with Gasteiger partial charge in [-0.25, -0.2) is 4.99 Å². The highest BCUT2D eigenvalue weighted by molar-refractivity contribution is 5.95. The molecule has 9 heteroatoms. The molecule has 1 amide bonds. The van der Waals surface area contributed by atoms with E-state index in [1.807, 2.05) is 47.5 Å². The van der Waals surface area contributed by atoms with Gasteiger partial charge in [0.25, 0.3) is 0 Å². The molecule has 1 unspecified atom stereocenters. The van der Waals surface area contributed by atoms with Gasteiger partial charge in [0.1, 0.15) is 5.84 Å². The molecule has 9 nitrogen and oxygen atoms in total. The fourth-order valence-corrected chi connectivity index (χ4v) is 6.47. The fourth-order valence-electron chi connectivity index (χ4n) is 6.47. The summed E-state index contributed by atoms with van der Waals surface area (Å²) in [6.07, 6.45) is 8.38. The van der Waals surface area contributed by atoms with Crippen LogP contribution in [0.25, 0.3) is 0 Å². The summed E-state index contributed by atoms with van der Waals surface area (Å²) in [5, 5.41) is 0. The number of benzene rings is 2.